The summed E-state index contributed by atoms with van der Waals surface area (Å²) in [4.78, 5) is 14.5. The first-order chi connectivity index (χ1) is 10.2. The van der Waals surface area contributed by atoms with Crippen molar-refractivity contribution in [3.63, 3.8) is 0 Å². The minimum atomic E-state index is 0.202. The van der Waals surface area contributed by atoms with Gasteiger partial charge < -0.3 is 15.0 Å². The smallest absolute Gasteiger partial charge is 0.226 e. The molecule has 1 saturated heterocycles. The molecule has 1 N–H and O–H groups in total. The molecule has 1 atom stereocenters. The Morgan fingerprint density at radius 2 is 2.14 bits per heavy atom. The zero-order valence-electron chi connectivity index (χ0n) is 13.0. The molecule has 116 valence electrons. The summed E-state index contributed by atoms with van der Waals surface area (Å²) in [6.45, 7) is 7.53. The van der Waals surface area contributed by atoms with Crippen LogP contribution in [0.2, 0.25) is 0 Å². The number of carbonyl (C=O) groups excluding carboxylic acids is 1. The average molecular weight is 290 g/mol. The van der Waals surface area contributed by atoms with Gasteiger partial charge in [0, 0.05) is 19.1 Å². The first kappa shape index (κ1) is 15.8. The molecule has 0 bridgehead atoms. The van der Waals surface area contributed by atoms with Crippen LogP contribution in [0.5, 0.6) is 5.75 Å². The topological polar surface area (TPSA) is 41.6 Å². The van der Waals surface area contributed by atoms with E-state index in [1.807, 2.05) is 35.2 Å². The lowest BCUT2D eigenvalue weighted by Gasteiger charge is -2.32. The highest BCUT2D eigenvalue weighted by molar-refractivity contribution is 5.76. The van der Waals surface area contributed by atoms with E-state index in [0.29, 0.717) is 18.9 Å². The fraction of sp³-hybridized carbons (Fsp3) is 0.588. The highest BCUT2D eigenvalue weighted by Crippen LogP contribution is 2.15. The predicted molar refractivity (Wildman–Crippen MR) is 84.4 cm³/mol. The number of nitrogens with zero attached hydrogens (tertiary/aromatic N) is 1. The molecule has 0 radical (unpaired) electrons. The first-order valence-corrected chi connectivity index (χ1v) is 7.86. The summed E-state index contributed by atoms with van der Waals surface area (Å²) in [6.07, 6.45) is 1.46. The van der Waals surface area contributed by atoms with Crippen molar-refractivity contribution >= 4 is 5.91 Å². The number of amides is 1. The molecule has 1 unspecified atom stereocenters. The maximum atomic E-state index is 12.5. The van der Waals surface area contributed by atoms with Crippen molar-refractivity contribution in [2.45, 2.75) is 32.7 Å². The van der Waals surface area contributed by atoms with Crippen LogP contribution in [0.3, 0.4) is 0 Å². The molecular formula is C17H26N2O2. The predicted octanol–water partition coefficient (Wildman–Crippen LogP) is 2.30. The Hall–Kier alpha value is -1.55. The van der Waals surface area contributed by atoms with Crippen molar-refractivity contribution in [3.05, 3.63) is 30.3 Å². The lowest BCUT2D eigenvalue weighted by molar-refractivity contribution is -0.134. The van der Waals surface area contributed by atoms with Gasteiger partial charge in [-0.25, -0.2) is 0 Å². The van der Waals surface area contributed by atoms with E-state index in [4.69, 9.17) is 4.74 Å². The second-order valence-corrected chi connectivity index (χ2v) is 5.87. The van der Waals surface area contributed by atoms with Crippen LogP contribution in [-0.2, 0) is 4.79 Å². The fourth-order valence-corrected chi connectivity index (χ4v) is 2.72. The molecule has 0 spiro atoms. The maximum absolute atomic E-state index is 12.5. The zero-order valence-corrected chi connectivity index (χ0v) is 13.0. The molecule has 1 aliphatic heterocycles. The van der Waals surface area contributed by atoms with Crippen LogP contribution in [-0.4, -0.2) is 43.1 Å². The van der Waals surface area contributed by atoms with Gasteiger partial charge in [0.15, 0.2) is 0 Å². The third-order valence-corrected chi connectivity index (χ3v) is 3.92. The number of carbonyl (C=O) groups is 1. The fourth-order valence-electron chi connectivity index (χ4n) is 2.72. The van der Waals surface area contributed by atoms with Gasteiger partial charge in [-0.1, -0.05) is 32.0 Å². The number of hydrogen-bond donors (Lipinski definition) is 1. The van der Waals surface area contributed by atoms with E-state index in [9.17, 15) is 4.79 Å². The monoisotopic (exact) mass is 290 g/mol. The first-order valence-electron chi connectivity index (χ1n) is 7.86. The normalized spacial score (nSPS) is 19.4. The Balaban J connectivity index is 1.85. The largest absolute Gasteiger partial charge is 0.493 e. The van der Waals surface area contributed by atoms with Crippen LogP contribution in [0.25, 0.3) is 0 Å². The lowest BCUT2D eigenvalue weighted by Crippen LogP contribution is -2.46. The molecule has 1 aromatic rings. The summed E-state index contributed by atoms with van der Waals surface area (Å²) in [7, 11) is 0. The second kappa shape index (κ2) is 8.03. The Kier molecular flexibility index (Phi) is 6.05. The van der Waals surface area contributed by atoms with Crippen LogP contribution >= 0.6 is 0 Å². The Bertz CT molecular complexity index is 434. The molecule has 1 aromatic carbocycles. The van der Waals surface area contributed by atoms with Crippen LogP contribution < -0.4 is 10.1 Å². The van der Waals surface area contributed by atoms with Crippen LogP contribution in [0.15, 0.2) is 30.3 Å². The molecule has 4 heteroatoms. The van der Waals surface area contributed by atoms with E-state index in [0.717, 1.165) is 31.8 Å². The molecule has 2 rings (SSSR count). The van der Waals surface area contributed by atoms with Crippen LogP contribution in [0.4, 0.5) is 0 Å². The molecule has 1 fully saturated rings. The maximum Gasteiger partial charge on any atom is 0.226 e. The van der Waals surface area contributed by atoms with Gasteiger partial charge >= 0.3 is 0 Å². The quantitative estimate of drug-likeness (QED) is 0.905. The van der Waals surface area contributed by atoms with E-state index in [2.05, 4.69) is 19.2 Å². The third kappa shape index (κ3) is 4.74. The van der Waals surface area contributed by atoms with Crippen LogP contribution in [0.1, 0.15) is 26.7 Å². The van der Waals surface area contributed by atoms with E-state index in [1.165, 1.54) is 0 Å². The highest BCUT2D eigenvalue weighted by atomic mass is 16.5. The van der Waals surface area contributed by atoms with Crippen LogP contribution in [0, 0.1) is 5.92 Å². The van der Waals surface area contributed by atoms with E-state index >= 15 is 0 Å². The van der Waals surface area contributed by atoms with Gasteiger partial charge in [0.05, 0.1) is 13.0 Å². The molecule has 0 aliphatic carbocycles. The molecule has 21 heavy (non-hydrogen) atoms. The molecule has 1 aliphatic rings. The summed E-state index contributed by atoms with van der Waals surface area (Å²) in [5.41, 5.74) is 0. The molecule has 0 aromatic heterocycles. The number of para-hydroxylation sites is 1. The van der Waals surface area contributed by atoms with E-state index < -0.39 is 0 Å². The Labute approximate surface area is 127 Å². The number of benzene rings is 1. The summed E-state index contributed by atoms with van der Waals surface area (Å²) in [5.74, 6) is 1.49. The third-order valence-electron chi connectivity index (χ3n) is 3.92. The van der Waals surface area contributed by atoms with Crippen molar-refractivity contribution < 1.29 is 9.53 Å². The van der Waals surface area contributed by atoms with Gasteiger partial charge in [-0.05, 0) is 31.0 Å². The van der Waals surface area contributed by atoms with Gasteiger partial charge in [-0.2, -0.15) is 0 Å². The summed E-state index contributed by atoms with van der Waals surface area (Å²) in [6, 6.07) is 9.94. The molecule has 4 nitrogen and oxygen atoms in total. The van der Waals surface area contributed by atoms with Gasteiger partial charge in [-0.15, -0.1) is 0 Å². The summed E-state index contributed by atoms with van der Waals surface area (Å²) >= 11 is 0. The minimum Gasteiger partial charge on any atom is -0.493 e. The minimum absolute atomic E-state index is 0.202. The molecule has 1 heterocycles. The standard InChI is InChI=1S/C17H26N2O2/c1-14(2)16-13-18-10-6-11-19(16)17(20)9-12-21-15-7-4-3-5-8-15/h3-5,7-8,14,16,18H,6,9-13H2,1-2H3. The van der Waals surface area contributed by atoms with Gasteiger partial charge in [0.1, 0.15) is 5.75 Å². The summed E-state index contributed by atoms with van der Waals surface area (Å²) in [5, 5.41) is 3.42. The SMILES string of the molecule is CC(C)C1CNCCCN1C(=O)CCOc1ccccc1. The van der Waals surface area contributed by atoms with Crippen molar-refractivity contribution in [1.29, 1.82) is 0 Å². The summed E-state index contributed by atoms with van der Waals surface area (Å²) < 4.78 is 5.63. The highest BCUT2D eigenvalue weighted by Gasteiger charge is 2.27. The average Bonchev–Trinajstić information content (AvgIpc) is 2.74. The number of ether oxygens (including phenoxy) is 1. The van der Waals surface area contributed by atoms with Crippen molar-refractivity contribution in [3.8, 4) is 5.75 Å². The van der Waals surface area contributed by atoms with Gasteiger partial charge in [0.25, 0.3) is 0 Å². The number of hydrogen-bond acceptors (Lipinski definition) is 3. The van der Waals surface area contributed by atoms with Gasteiger partial charge in [0.2, 0.25) is 5.91 Å². The lowest BCUT2D eigenvalue weighted by atomic mass is 10.0. The van der Waals surface area contributed by atoms with E-state index in [1.54, 1.807) is 0 Å². The van der Waals surface area contributed by atoms with E-state index in [-0.39, 0.29) is 11.9 Å². The van der Waals surface area contributed by atoms with Crippen molar-refractivity contribution in [2.75, 3.05) is 26.2 Å². The molecule has 1 amide bonds. The van der Waals surface area contributed by atoms with Crippen molar-refractivity contribution in [2.24, 2.45) is 5.92 Å². The second-order valence-electron chi connectivity index (χ2n) is 5.87. The molecular weight excluding hydrogens is 264 g/mol. The number of rotatable bonds is 5. The van der Waals surface area contributed by atoms with Gasteiger partial charge in [-0.3, -0.25) is 4.79 Å². The molecule has 0 saturated carbocycles. The zero-order chi connectivity index (χ0) is 15.1. The Morgan fingerprint density at radius 3 is 2.86 bits per heavy atom. The van der Waals surface area contributed by atoms with Crippen molar-refractivity contribution in [1.82, 2.24) is 10.2 Å². The Morgan fingerprint density at radius 1 is 1.38 bits per heavy atom. The number of nitrogens with one attached hydrogen (secondary N) is 1.